The van der Waals surface area contributed by atoms with Crippen molar-refractivity contribution in [3.8, 4) is 5.75 Å². The van der Waals surface area contributed by atoms with E-state index in [9.17, 15) is 4.79 Å². The van der Waals surface area contributed by atoms with Gasteiger partial charge in [-0.3, -0.25) is 9.63 Å². The van der Waals surface area contributed by atoms with Crippen LogP contribution in [0.5, 0.6) is 5.75 Å². The van der Waals surface area contributed by atoms with E-state index in [2.05, 4.69) is 10.5 Å². The molecule has 0 aliphatic carbocycles. The van der Waals surface area contributed by atoms with Gasteiger partial charge in [-0.05, 0) is 18.2 Å². The number of nitrogens with two attached hydrogens (primary N) is 1. The van der Waals surface area contributed by atoms with Gasteiger partial charge in [0.15, 0.2) is 0 Å². The fourth-order valence-electron chi connectivity index (χ4n) is 1.47. The Labute approximate surface area is 126 Å². The normalized spacial score (nSPS) is 10.1. The number of aromatic nitrogens is 1. The third-order valence-corrected chi connectivity index (χ3v) is 2.80. The number of nitrogen functional groups attached to an aromatic ring is 1. The molecule has 110 valence electrons. The van der Waals surface area contributed by atoms with Crippen LogP contribution in [0.1, 0.15) is 10.5 Å². The minimum absolute atomic E-state index is 0.126. The van der Waals surface area contributed by atoms with Gasteiger partial charge >= 0.3 is 0 Å². The first kappa shape index (κ1) is 15.1. The SMILES string of the molecule is Nc1cc(C(=O)NOCCOc2ccccc2)ncc1Cl. The van der Waals surface area contributed by atoms with E-state index < -0.39 is 5.91 Å². The van der Waals surface area contributed by atoms with Gasteiger partial charge in [-0.2, -0.15) is 0 Å². The monoisotopic (exact) mass is 307 g/mol. The molecule has 1 amide bonds. The van der Waals surface area contributed by atoms with Crippen molar-refractivity contribution in [2.45, 2.75) is 0 Å². The van der Waals surface area contributed by atoms with Gasteiger partial charge < -0.3 is 10.5 Å². The lowest BCUT2D eigenvalue weighted by Gasteiger charge is -2.08. The molecular weight excluding hydrogens is 294 g/mol. The molecule has 0 atom stereocenters. The summed E-state index contributed by atoms with van der Waals surface area (Å²) in [4.78, 5) is 20.6. The summed E-state index contributed by atoms with van der Waals surface area (Å²) < 4.78 is 5.40. The van der Waals surface area contributed by atoms with Crippen LogP contribution in [-0.4, -0.2) is 24.1 Å². The van der Waals surface area contributed by atoms with Crippen LogP contribution >= 0.6 is 11.6 Å². The van der Waals surface area contributed by atoms with Crippen molar-refractivity contribution >= 4 is 23.2 Å². The number of benzene rings is 1. The molecular formula is C14H14ClN3O3. The van der Waals surface area contributed by atoms with E-state index in [-0.39, 0.29) is 18.0 Å². The number of pyridine rings is 1. The van der Waals surface area contributed by atoms with E-state index in [1.807, 2.05) is 30.3 Å². The quantitative estimate of drug-likeness (QED) is 0.630. The van der Waals surface area contributed by atoms with Gasteiger partial charge in [-0.25, -0.2) is 10.5 Å². The van der Waals surface area contributed by atoms with Crippen LogP contribution in [0.2, 0.25) is 5.02 Å². The maximum Gasteiger partial charge on any atom is 0.293 e. The Morgan fingerprint density at radius 2 is 2.05 bits per heavy atom. The molecule has 2 rings (SSSR count). The number of carbonyl (C=O) groups excluding carboxylic acids is 1. The van der Waals surface area contributed by atoms with Crippen LogP contribution in [-0.2, 0) is 4.84 Å². The zero-order valence-corrected chi connectivity index (χ0v) is 11.8. The van der Waals surface area contributed by atoms with Crippen molar-refractivity contribution in [1.82, 2.24) is 10.5 Å². The second-order valence-corrected chi connectivity index (χ2v) is 4.44. The average Bonchev–Trinajstić information content (AvgIpc) is 2.50. The Hall–Kier alpha value is -2.31. The predicted octanol–water partition coefficient (Wildman–Crippen LogP) is 2.06. The number of para-hydroxylation sites is 1. The Morgan fingerprint density at radius 1 is 1.29 bits per heavy atom. The lowest BCUT2D eigenvalue weighted by atomic mass is 10.3. The number of ether oxygens (including phenoxy) is 1. The van der Waals surface area contributed by atoms with E-state index in [0.717, 1.165) is 5.75 Å². The predicted molar refractivity (Wildman–Crippen MR) is 79.0 cm³/mol. The van der Waals surface area contributed by atoms with Crippen molar-refractivity contribution < 1.29 is 14.4 Å². The topological polar surface area (TPSA) is 86.5 Å². The largest absolute Gasteiger partial charge is 0.491 e. The Bertz CT molecular complexity index is 608. The molecule has 6 nitrogen and oxygen atoms in total. The van der Waals surface area contributed by atoms with E-state index in [4.69, 9.17) is 26.9 Å². The van der Waals surface area contributed by atoms with Gasteiger partial charge in [0.25, 0.3) is 5.91 Å². The number of amides is 1. The Kier molecular flexibility index (Phi) is 5.36. The minimum Gasteiger partial charge on any atom is -0.491 e. The summed E-state index contributed by atoms with van der Waals surface area (Å²) in [6.07, 6.45) is 1.31. The molecule has 0 unspecified atom stereocenters. The van der Waals surface area contributed by atoms with Crippen LogP contribution in [0.3, 0.4) is 0 Å². The highest BCUT2D eigenvalue weighted by atomic mass is 35.5. The fourth-order valence-corrected chi connectivity index (χ4v) is 1.57. The van der Waals surface area contributed by atoms with Crippen LogP contribution in [0, 0.1) is 0 Å². The van der Waals surface area contributed by atoms with Gasteiger partial charge in [0, 0.05) is 6.20 Å². The number of nitrogens with zero attached hydrogens (tertiary/aromatic N) is 1. The van der Waals surface area contributed by atoms with Crippen LogP contribution in [0.4, 0.5) is 5.69 Å². The van der Waals surface area contributed by atoms with Crippen LogP contribution < -0.4 is 16.0 Å². The number of hydroxylamine groups is 1. The Morgan fingerprint density at radius 3 is 2.76 bits per heavy atom. The second-order valence-electron chi connectivity index (χ2n) is 4.03. The first-order valence-corrected chi connectivity index (χ1v) is 6.55. The third kappa shape index (κ3) is 4.62. The van der Waals surface area contributed by atoms with Gasteiger partial charge in [-0.15, -0.1) is 0 Å². The molecule has 0 fully saturated rings. The van der Waals surface area contributed by atoms with Crippen molar-refractivity contribution in [2.75, 3.05) is 18.9 Å². The minimum atomic E-state index is -0.502. The number of nitrogens with one attached hydrogen (secondary N) is 1. The lowest BCUT2D eigenvalue weighted by Crippen LogP contribution is -2.26. The lowest BCUT2D eigenvalue weighted by molar-refractivity contribution is 0.0196. The van der Waals surface area contributed by atoms with Crippen molar-refractivity contribution in [3.05, 3.63) is 53.3 Å². The average molecular weight is 308 g/mol. The summed E-state index contributed by atoms with van der Waals surface area (Å²) in [7, 11) is 0. The maximum absolute atomic E-state index is 11.7. The summed E-state index contributed by atoms with van der Waals surface area (Å²) in [5.41, 5.74) is 8.25. The van der Waals surface area contributed by atoms with Crippen molar-refractivity contribution in [1.29, 1.82) is 0 Å². The highest BCUT2D eigenvalue weighted by Crippen LogP contribution is 2.17. The molecule has 21 heavy (non-hydrogen) atoms. The van der Waals surface area contributed by atoms with Crippen LogP contribution in [0.15, 0.2) is 42.6 Å². The van der Waals surface area contributed by atoms with Crippen molar-refractivity contribution in [3.63, 3.8) is 0 Å². The molecule has 0 bridgehead atoms. The summed E-state index contributed by atoms with van der Waals surface area (Å²) in [5, 5.41) is 0.295. The van der Waals surface area contributed by atoms with Crippen LogP contribution in [0.25, 0.3) is 0 Å². The number of halogens is 1. The maximum atomic E-state index is 11.7. The van der Waals surface area contributed by atoms with Gasteiger partial charge in [-0.1, -0.05) is 29.8 Å². The molecule has 7 heteroatoms. The summed E-state index contributed by atoms with van der Waals surface area (Å²) >= 11 is 5.72. The number of hydrogen-bond acceptors (Lipinski definition) is 5. The number of carbonyl (C=O) groups is 1. The smallest absolute Gasteiger partial charge is 0.293 e. The highest BCUT2D eigenvalue weighted by Gasteiger charge is 2.09. The summed E-state index contributed by atoms with van der Waals surface area (Å²) in [5.74, 6) is 0.234. The van der Waals surface area contributed by atoms with Gasteiger partial charge in [0.1, 0.15) is 24.7 Å². The first-order chi connectivity index (χ1) is 10.2. The van der Waals surface area contributed by atoms with Gasteiger partial charge in [0.2, 0.25) is 0 Å². The van der Waals surface area contributed by atoms with Crippen molar-refractivity contribution in [2.24, 2.45) is 0 Å². The standard InChI is InChI=1S/C14H14ClN3O3/c15-11-9-17-13(8-12(11)16)14(19)18-21-7-6-20-10-4-2-1-3-5-10/h1-5,8-9H,6-7H2,(H2,16,17)(H,18,19). The van der Waals surface area contributed by atoms with E-state index in [1.54, 1.807) is 0 Å². The van der Waals surface area contributed by atoms with E-state index in [1.165, 1.54) is 12.3 Å². The molecule has 2 aromatic rings. The van der Waals surface area contributed by atoms with E-state index in [0.29, 0.717) is 11.6 Å². The van der Waals surface area contributed by atoms with Gasteiger partial charge in [0.05, 0.1) is 10.7 Å². The summed E-state index contributed by atoms with van der Waals surface area (Å²) in [6.45, 7) is 0.504. The zero-order valence-electron chi connectivity index (χ0n) is 11.1. The number of hydrogen-bond donors (Lipinski definition) is 2. The molecule has 1 heterocycles. The molecule has 0 spiro atoms. The molecule has 1 aromatic heterocycles. The Balaban J connectivity index is 1.71. The molecule has 3 N–H and O–H groups in total. The number of anilines is 1. The molecule has 0 saturated carbocycles. The molecule has 0 saturated heterocycles. The first-order valence-electron chi connectivity index (χ1n) is 6.18. The molecule has 1 aromatic carbocycles. The summed E-state index contributed by atoms with van der Waals surface area (Å²) in [6, 6.07) is 10.7. The highest BCUT2D eigenvalue weighted by molar-refractivity contribution is 6.33. The number of rotatable bonds is 6. The fraction of sp³-hybridized carbons (Fsp3) is 0.143. The van der Waals surface area contributed by atoms with E-state index >= 15 is 0 Å². The molecule has 0 radical (unpaired) electrons. The third-order valence-electron chi connectivity index (χ3n) is 2.48. The second kappa shape index (κ2) is 7.47. The molecule has 0 aliphatic heterocycles. The zero-order chi connectivity index (χ0) is 15.1. The molecule has 0 aliphatic rings.